The zero-order valence-electron chi connectivity index (χ0n) is 10.0. The molecule has 16 heavy (non-hydrogen) atoms. The Hall–Kier alpha value is -1.12. The fourth-order valence-electron chi connectivity index (χ4n) is 1.60. The molecule has 1 aromatic carbocycles. The Morgan fingerprint density at radius 2 is 2.19 bits per heavy atom. The van der Waals surface area contributed by atoms with Gasteiger partial charge in [-0.3, -0.25) is 0 Å². The van der Waals surface area contributed by atoms with Crippen molar-refractivity contribution in [2.45, 2.75) is 26.0 Å². The topological polar surface area (TPSA) is 21.3 Å². The highest BCUT2D eigenvalue weighted by Gasteiger charge is 1.95. The minimum absolute atomic E-state index is 0.685. The van der Waals surface area contributed by atoms with E-state index in [1.54, 1.807) is 7.11 Å². The maximum Gasteiger partial charge on any atom is 0.0713 e. The summed E-state index contributed by atoms with van der Waals surface area (Å²) < 4.78 is 5.11. The largest absolute Gasteiger partial charge is 0.380 e. The van der Waals surface area contributed by atoms with Crippen LogP contribution in [-0.2, 0) is 17.9 Å². The Labute approximate surface area is 98.3 Å². The maximum atomic E-state index is 5.11. The second-order valence-electron chi connectivity index (χ2n) is 3.86. The number of hydrogen-bond donors (Lipinski definition) is 1. The van der Waals surface area contributed by atoms with Crippen LogP contribution in [0, 0.1) is 0 Å². The van der Waals surface area contributed by atoms with Crippen molar-refractivity contribution in [3.63, 3.8) is 0 Å². The van der Waals surface area contributed by atoms with Crippen LogP contribution in [0.4, 0.5) is 0 Å². The lowest BCUT2D eigenvalue weighted by atomic mass is 10.1. The van der Waals surface area contributed by atoms with Crippen LogP contribution >= 0.6 is 0 Å². The zero-order valence-corrected chi connectivity index (χ0v) is 10.0. The van der Waals surface area contributed by atoms with Crippen LogP contribution in [0.2, 0.25) is 0 Å². The molecule has 0 saturated heterocycles. The average Bonchev–Trinajstić information content (AvgIpc) is 2.30. The van der Waals surface area contributed by atoms with Gasteiger partial charge < -0.3 is 10.1 Å². The predicted octanol–water partition coefficient (Wildman–Crippen LogP) is 2.89. The summed E-state index contributed by atoms with van der Waals surface area (Å²) >= 11 is 0. The lowest BCUT2D eigenvalue weighted by Gasteiger charge is -2.06. The quantitative estimate of drug-likeness (QED) is 0.536. The van der Waals surface area contributed by atoms with Gasteiger partial charge in [0.05, 0.1) is 6.61 Å². The van der Waals surface area contributed by atoms with Gasteiger partial charge >= 0.3 is 0 Å². The number of benzene rings is 1. The highest BCUT2D eigenvalue weighted by atomic mass is 16.5. The van der Waals surface area contributed by atoms with Crippen molar-refractivity contribution in [1.29, 1.82) is 0 Å². The molecule has 0 heterocycles. The van der Waals surface area contributed by atoms with E-state index in [-0.39, 0.29) is 0 Å². The van der Waals surface area contributed by atoms with E-state index in [9.17, 15) is 0 Å². The summed E-state index contributed by atoms with van der Waals surface area (Å²) in [5.41, 5.74) is 2.54. The van der Waals surface area contributed by atoms with Crippen LogP contribution in [0.3, 0.4) is 0 Å². The van der Waals surface area contributed by atoms with Gasteiger partial charge in [0.2, 0.25) is 0 Å². The number of methoxy groups -OCH3 is 1. The normalized spacial score (nSPS) is 10.3. The van der Waals surface area contributed by atoms with Gasteiger partial charge in [0.15, 0.2) is 0 Å². The molecule has 0 aromatic heterocycles. The van der Waals surface area contributed by atoms with E-state index in [0.717, 1.165) is 25.9 Å². The van der Waals surface area contributed by atoms with Crippen molar-refractivity contribution in [3.8, 4) is 0 Å². The first-order valence-corrected chi connectivity index (χ1v) is 5.75. The third-order valence-corrected chi connectivity index (χ3v) is 2.39. The Morgan fingerprint density at radius 3 is 2.94 bits per heavy atom. The molecule has 1 rings (SSSR count). The van der Waals surface area contributed by atoms with Crippen LogP contribution in [-0.4, -0.2) is 13.7 Å². The molecule has 88 valence electrons. The van der Waals surface area contributed by atoms with Crippen LogP contribution in [0.1, 0.15) is 24.0 Å². The van der Waals surface area contributed by atoms with Gasteiger partial charge in [0.25, 0.3) is 0 Å². The Bertz CT molecular complexity index is 309. The monoisotopic (exact) mass is 219 g/mol. The molecule has 2 heteroatoms. The minimum Gasteiger partial charge on any atom is -0.380 e. The Morgan fingerprint density at radius 1 is 1.38 bits per heavy atom. The van der Waals surface area contributed by atoms with Crippen molar-refractivity contribution in [1.82, 2.24) is 5.32 Å². The van der Waals surface area contributed by atoms with E-state index in [1.807, 2.05) is 6.08 Å². The zero-order chi connectivity index (χ0) is 11.6. The smallest absolute Gasteiger partial charge is 0.0713 e. The summed E-state index contributed by atoms with van der Waals surface area (Å²) in [6, 6.07) is 8.49. The highest BCUT2D eigenvalue weighted by molar-refractivity contribution is 5.22. The molecule has 0 amide bonds. The third-order valence-electron chi connectivity index (χ3n) is 2.39. The molecular formula is C14H21NO. The van der Waals surface area contributed by atoms with Crippen molar-refractivity contribution in [3.05, 3.63) is 48.0 Å². The molecule has 1 N–H and O–H groups in total. The van der Waals surface area contributed by atoms with Gasteiger partial charge in [0.1, 0.15) is 0 Å². The molecule has 0 radical (unpaired) electrons. The first kappa shape index (κ1) is 12.9. The van der Waals surface area contributed by atoms with Crippen LogP contribution < -0.4 is 5.32 Å². The number of rotatable bonds is 8. The van der Waals surface area contributed by atoms with Gasteiger partial charge in [-0.2, -0.15) is 0 Å². The fourth-order valence-corrected chi connectivity index (χ4v) is 1.60. The van der Waals surface area contributed by atoms with E-state index in [0.29, 0.717) is 6.61 Å². The van der Waals surface area contributed by atoms with Crippen LogP contribution in [0.15, 0.2) is 36.9 Å². The summed E-state index contributed by atoms with van der Waals surface area (Å²) in [6.07, 6.45) is 4.19. The molecular weight excluding hydrogens is 198 g/mol. The van der Waals surface area contributed by atoms with Gasteiger partial charge in [-0.05, 0) is 30.5 Å². The molecule has 0 aliphatic rings. The Kier molecular flexibility index (Phi) is 6.54. The summed E-state index contributed by atoms with van der Waals surface area (Å²) in [7, 11) is 1.72. The van der Waals surface area contributed by atoms with Gasteiger partial charge in [-0.15, -0.1) is 6.58 Å². The van der Waals surface area contributed by atoms with Gasteiger partial charge in [0, 0.05) is 13.7 Å². The summed E-state index contributed by atoms with van der Waals surface area (Å²) in [5, 5.41) is 3.42. The molecule has 0 bridgehead atoms. The van der Waals surface area contributed by atoms with Gasteiger partial charge in [-0.25, -0.2) is 0 Å². The standard InChI is InChI=1S/C14H21NO/c1-3-4-5-9-15-11-13-7-6-8-14(10-13)12-16-2/h3,6-8,10,15H,1,4-5,9,11-12H2,2H3. The summed E-state index contributed by atoms with van der Waals surface area (Å²) in [6.45, 7) is 6.36. The molecule has 0 fully saturated rings. The summed E-state index contributed by atoms with van der Waals surface area (Å²) in [5.74, 6) is 0. The van der Waals surface area contributed by atoms with Crippen molar-refractivity contribution in [2.24, 2.45) is 0 Å². The van der Waals surface area contributed by atoms with Gasteiger partial charge in [-0.1, -0.05) is 30.3 Å². The lowest BCUT2D eigenvalue weighted by Crippen LogP contribution is -2.14. The van der Waals surface area contributed by atoms with Crippen LogP contribution in [0.25, 0.3) is 0 Å². The predicted molar refractivity (Wildman–Crippen MR) is 68.3 cm³/mol. The van der Waals surface area contributed by atoms with E-state index in [2.05, 4.69) is 36.2 Å². The van der Waals surface area contributed by atoms with Crippen molar-refractivity contribution < 1.29 is 4.74 Å². The number of allylic oxidation sites excluding steroid dienone is 1. The van der Waals surface area contributed by atoms with E-state index >= 15 is 0 Å². The number of ether oxygens (including phenoxy) is 1. The molecule has 2 nitrogen and oxygen atoms in total. The number of hydrogen-bond acceptors (Lipinski definition) is 2. The molecule has 0 unspecified atom stereocenters. The van der Waals surface area contributed by atoms with E-state index < -0.39 is 0 Å². The third kappa shape index (κ3) is 5.10. The van der Waals surface area contributed by atoms with E-state index in [4.69, 9.17) is 4.74 Å². The fraction of sp³-hybridized carbons (Fsp3) is 0.429. The Balaban J connectivity index is 2.30. The molecule has 0 saturated carbocycles. The first-order valence-electron chi connectivity index (χ1n) is 5.75. The minimum atomic E-state index is 0.685. The second-order valence-corrected chi connectivity index (χ2v) is 3.86. The molecule has 0 aliphatic carbocycles. The summed E-state index contributed by atoms with van der Waals surface area (Å²) in [4.78, 5) is 0. The first-order chi connectivity index (χ1) is 7.86. The van der Waals surface area contributed by atoms with Crippen molar-refractivity contribution in [2.75, 3.05) is 13.7 Å². The van der Waals surface area contributed by atoms with Crippen LogP contribution in [0.5, 0.6) is 0 Å². The number of unbranched alkanes of at least 4 members (excludes halogenated alkanes) is 1. The average molecular weight is 219 g/mol. The van der Waals surface area contributed by atoms with Crippen molar-refractivity contribution >= 4 is 0 Å². The molecule has 1 aromatic rings. The highest BCUT2D eigenvalue weighted by Crippen LogP contribution is 2.06. The molecule has 0 atom stereocenters. The SMILES string of the molecule is C=CCCCNCc1cccc(COC)c1. The molecule has 0 aliphatic heterocycles. The lowest BCUT2D eigenvalue weighted by molar-refractivity contribution is 0.185. The number of nitrogens with one attached hydrogen (secondary N) is 1. The molecule has 0 spiro atoms. The second kappa shape index (κ2) is 8.08. The van der Waals surface area contributed by atoms with E-state index in [1.165, 1.54) is 11.1 Å². The maximum absolute atomic E-state index is 5.11.